The number of carbonyl (C=O) groups excluding carboxylic acids is 1. The highest BCUT2D eigenvalue weighted by Crippen LogP contribution is 2.23. The summed E-state index contributed by atoms with van der Waals surface area (Å²) < 4.78 is 25.0. The summed E-state index contributed by atoms with van der Waals surface area (Å²) in [5.41, 5.74) is 0. The molecule has 0 aromatic carbocycles. The molecule has 0 bridgehead atoms. The van der Waals surface area contributed by atoms with Gasteiger partial charge in [0.1, 0.15) is 5.78 Å². The van der Waals surface area contributed by atoms with E-state index >= 15 is 0 Å². The van der Waals surface area contributed by atoms with Gasteiger partial charge in [-0.2, -0.15) is 4.31 Å². The smallest absolute Gasteiger partial charge is 0.214 e. The molecule has 0 spiro atoms. The van der Waals surface area contributed by atoms with Crippen LogP contribution in [0.1, 0.15) is 39.5 Å². The molecule has 1 atom stereocenters. The van der Waals surface area contributed by atoms with Crippen molar-refractivity contribution in [3.05, 3.63) is 0 Å². The normalized spacial score (nSPS) is 24.0. The van der Waals surface area contributed by atoms with Gasteiger partial charge in [-0.05, 0) is 26.7 Å². The number of sulfonamides is 1. The molecule has 1 heterocycles. The van der Waals surface area contributed by atoms with Gasteiger partial charge in [0.2, 0.25) is 10.0 Å². The molecule has 0 N–H and O–H groups in total. The Kier molecular flexibility index (Phi) is 4.28. The van der Waals surface area contributed by atoms with Gasteiger partial charge < -0.3 is 0 Å². The van der Waals surface area contributed by atoms with Gasteiger partial charge in [-0.1, -0.05) is 6.42 Å². The van der Waals surface area contributed by atoms with Crippen LogP contribution in [-0.2, 0) is 14.8 Å². The van der Waals surface area contributed by atoms with Gasteiger partial charge in [-0.25, -0.2) is 8.42 Å². The van der Waals surface area contributed by atoms with Crippen LogP contribution in [0.5, 0.6) is 0 Å². The van der Waals surface area contributed by atoms with Crippen LogP contribution in [0.25, 0.3) is 0 Å². The van der Waals surface area contributed by atoms with Crippen molar-refractivity contribution in [2.24, 2.45) is 0 Å². The molecule has 15 heavy (non-hydrogen) atoms. The maximum absolute atomic E-state index is 11.8. The average molecular weight is 233 g/mol. The molecule has 88 valence electrons. The van der Waals surface area contributed by atoms with Crippen molar-refractivity contribution in [1.82, 2.24) is 4.31 Å². The molecular formula is C10H19NO3S. The van der Waals surface area contributed by atoms with Crippen LogP contribution < -0.4 is 0 Å². The van der Waals surface area contributed by atoms with Gasteiger partial charge in [0.25, 0.3) is 0 Å². The topological polar surface area (TPSA) is 54.5 Å². The number of Topliss-reactive ketones (excluding diaryl/α,β-unsaturated/α-hetero) is 1. The molecule has 1 saturated heterocycles. The molecule has 1 rings (SSSR count). The van der Waals surface area contributed by atoms with Crippen molar-refractivity contribution in [2.45, 2.75) is 45.6 Å². The fourth-order valence-electron chi connectivity index (χ4n) is 2.04. The number of rotatable bonds is 4. The first-order valence-corrected chi connectivity index (χ1v) is 7.07. The molecule has 1 fully saturated rings. The van der Waals surface area contributed by atoms with Crippen molar-refractivity contribution in [1.29, 1.82) is 0 Å². The number of piperidine rings is 1. The quantitative estimate of drug-likeness (QED) is 0.732. The average Bonchev–Trinajstić information content (AvgIpc) is 2.17. The molecule has 0 radical (unpaired) electrons. The predicted molar refractivity (Wildman–Crippen MR) is 59.1 cm³/mol. The third kappa shape index (κ3) is 3.28. The van der Waals surface area contributed by atoms with Gasteiger partial charge in [0.15, 0.2) is 0 Å². The molecule has 0 saturated carbocycles. The van der Waals surface area contributed by atoms with Crippen LogP contribution in [0, 0.1) is 0 Å². The lowest BCUT2D eigenvalue weighted by molar-refractivity contribution is -0.118. The van der Waals surface area contributed by atoms with Crippen molar-refractivity contribution >= 4 is 15.8 Å². The Morgan fingerprint density at radius 1 is 1.40 bits per heavy atom. The highest BCUT2D eigenvalue weighted by Gasteiger charge is 2.31. The molecular weight excluding hydrogens is 214 g/mol. The fraction of sp³-hybridized carbons (Fsp3) is 0.900. The molecule has 0 aliphatic carbocycles. The molecule has 0 amide bonds. The Morgan fingerprint density at radius 2 is 2.07 bits per heavy atom. The third-order valence-corrected chi connectivity index (χ3v) is 4.74. The summed E-state index contributed by atoms with van der Waals surface area (Å²) in [6.07, 6.45) is 3.11. The van der Waals surface area contributed by atoms with Crippen LogP contribution in [0.4, 0.5) is 0 Å². The highest BCUT2D eigenvalue weighted by atomic mass is 32.2. The van der Waals surface area contributed by atoms with Gasteiger partial charge in [0, 0.05) is 19.0 Å². The monoisotopic (exact) mass is 233 g/mol. The number of carbonyl (C=O) groups is 1. The Morgan fingerprint density at radius 3 is 2.60 bits per heavy atom. The van der Waals surface area contributed by atoms with E-state index in [1.807, 2.05) is 0 Å². The van der Waals surface area contributed by atoms with Crippen LogP contribution in [0.3, 0.4) is 0 Å². The lowest BCUT2D eigenvalue weighted by atomic mass is 10.0. The standard InChI is InChI=1S/C10H19NO3S/c1-3-15(13,14)11-7-5-4-6-10(11)8-9(2)12/h10H,3-8H2,1-2H3. The van der Waals surface area contributed by atoms with E-state index in [1.54, 1.807) is 6.92 Å². The summed E-state index contributed by atoms with van der Waals surface area (Å²) in [6, 6.07) is -0.0961. The van der Waals surface area contributed by atoms with Gasteiger partial charge in [-0.3, -0.25) is 4.79 Å². The van der Waals surface area contributed by atoms with Gasteiger partial charge >= 0.3 is 0 Å². The van der Waals surface area contributed by atoms with Gasteiger partial charge in [-0.15, -0.1) is 0 Å². The third-order valence-electron chi connectivity index (χ3n) is 2.82. The Labute approximate surface area is 91.7 Å². The van der Waals surface area contributed by atoms with Crippen molar-refractivity contribution in [3.8, 4) is 0 Å². The van der Waals surface area contributed by atoms with Crippen molar-refractivity contribution in [2.75, 3.05) is 12.3 Å². The van der Waals surface area contributed by atoms with E-state index in [0.717, 1.165) is 19.3 Å². The fourth-order valence-corrected chi connectivity index (χ4v) is 3.42. The zero-order valence-corrected chi connectivity index (χ0v) is 10.2. The zero-order chi connectivity index (χ0) is 11.5. The Bertz CT molecular complexity index is 324. The second kappa shape index (κ2) is 5.07. The molecule has 1 aliphatic rings. The van der Waals surface area contributed by atoms with Crippen LogP contribution in [0.2, 0.25) is 0 Å². The van der Waals surface area contributed by atoms with E-state index in [9.17, 15) is 13.2 Å². The first kappa shape index (κ1) is 12.6. The van der Waals surface area contributed by atoms with Crippen LogP contribution in [0.15, 0.2) is 0 Å². The molecule has 0 aromatic rings. The number of hydrogen-bond donors (Lipinski definition) is 0. The lowest BCUT2D eigenvalue weighted by Gasteiger charge is -2.33. The molecule has 1 aliphatic heterocycles. The Balaban J connectivity index is 2.78. The van der Waals surface area contributed by atoms with Gasteiger partial charge in [0.05, 0.1) is 5.75 Å². The highest BCUT2D eigenvalue weighted by molar-refractivity contribution is 7.89. The molecule has 0 aromatic heterocycles. The summed E-state index contributed by atoms with van der Waals surface area (Å²) in [5, 5.41) is 0. The van der Waals surface area contributed by atoms with Crippen LogP contribution >= 0.6 is 0 Å². The predicted octanol–water partition coefficient (Wildman–Crippen LogP) is 1.17. The second-order valence-electron chi connectivity index (χ2n) is 4.07. The van der Waals surface area contributed by atoms with E-state index < -0.39 is 10.0 Å². The van der Waals surface area contributed by atoms with E-state index in [0.29, 0.717) is 13.0 Å². The number of nitrogens with zero attached hydrogens (tertiary/aromatic N) is 1. The number of hydrogen-bond acceptors (Lipinski definition) is 3. The lowest BCUT2D eigenvalue weighted by Crippen LogP contribution is -2.45. The van der Waals surface area contributed by atoms with Crippen molar-refractivity contribution < 1.29 is 13.2 Å². The maximum atomic E-state index is 11.8. The summed E-state index contributed by atoms with van der Waals surface area (Å²) in [7, 11) is -3.13. The molecule has 1 unspecified atom stereocenters. The summed E-state index contributed by atoms with van der Waals surface area (Å²) in [6.45, 7) is 3.74. The van der Waals surface area contributed by atoms with E-state index in [-0.39, 0.29) is 17.6 Å². The Hall–Kier alpha value is -0.420. The summed E-state index contributed by atoms with van der Waals surface area (Å²) in [5.74, 6) is 0.194. The zero-order valence-electron chi connectivity index (χ0n) is 9.40. The van der Waals surface area contributed by atoms with E-state index in [2.05, 4.69) is 0 Å². The summed E-state index contributed by atoms with van der Waals surface area (Å²) in [4.78, 5) is 11.1. The minimum absolute atomic E-state index is 0.0678. The van der Waals surface area contributed by atoms with Crippen molar-refractivity contribution in [3.63, 3.8) is 0 Å². The first-order valence-electron chi connectivity index (χ1n) is 5.46. The SMILES string of the molecule is CCS(=O)(=O)N1CCCCC1CC(C)=O. The van der Waals surface area contributed by atoms with E-state index in [1.165, 1.54) is 11.2 Å². The summed E-state index contributed by atoms with van der Waals surface area (Å²) >= 11 is 0. The first-order chi connectivity index (χ1) is 6.97. The van der Waals surface area contributed by atoms with Crippen LogP contribution in [-0.4, -0.2) is 36.8 Å². The minimum atomic E-state index is -3.13. The maximum Gasteiger partial charge on any atom is 0.214 e. The molecule has 4 nitrogen and oxygen atoms in total. The largest absolute Gasteiger partial charge is 0.300 e. The second-order valence-corrected chi connectivity index (χ2v) is 6.28. The van der Waals surface area contributed by atoms with E-state index in [4.69, 9.17) is 0 Å². The number of ketones is 1. The molecule has 5 heteroatoms. The minimum Gasteiger partial charge on any atom is -0.300 e.